The van der Waals surface area contributed by atoms with Gasteiger partial charge in [-0.15, -0.1) is 0 Å². The number of hydrogen-bond acceptors (Lipinski definition) is 4. The Kier molecular flexibility index (Phi) is 6.17. The van der Waals surface area contributed by atoms with Gasteiger partial charge in [0.15, 0.2) is 6.61 Å². The molecule has 1 amide bonds. The van der Waals surface area contributed by atoms with Crippen LogP contribution in [0.3, 0.4) is 0 Å². The van der Waals surface area contributed by atoms with E-state index in [2.05, 4.69) is 19.2 Å². The van der Waals surface area contributed by atoms with Crippen molar-refractivity contribution in [2.24, 2.45) is 0 Å². The monoisotopic (exact) mass is 363 g/mol. The van der Waals surface area contributed by atoms with Gasteiger partial charge in [-0.2, -0.15) is 8.42 Å². The van der Waals surface area contributed by atoms with Crippen molar-refractivity contribution in [3.63, 3.8) is 0 Å². The fraction of sp³-hybridized carbons (Fsp3) is 0.278. The van der Waals surface area contributed by atoms with Crippen molar-refractivity contribution in [2.75, 3.05) is 11.9 Å². The number of nitrogens with one attached hydrogen (secondary N) is 1. The molecule has 0 heterocycles. The van der Waals surface area contributed by atoms with Crippen LogP contribution in [0.2, 0.25) is 0 Å². The Bertz CT molecular complexity index is 831. The normalized spacial score (nSPS) is 12.4. The van der Waals surface area contributed by atoms with Crippen LogP contribution in [0.15, 0.2) is 53.4 Å². The van der Waals surface area contributed by atoms with Crippen LogP contribution in [-0.4, -0.2) is 25.5 Å². The molecule has 2 aromatic rings. The molecule has 0 saturated heterocycles. The summed E-state index contributed by atoms with van der Waals surface area (Å²) in [5.74, 6) is 0.611. The maximum atomic E-state index is 11.9. The number of ether oxygens (including phenoxy) is 1. The highest BCUT2D eigenvalue weighted by Crippen LogP contribution is 2.21. The molecule has 0 saturated carbocycles. The Balaban J connectivity index is 1.93. The lowest BCUT2D eigenvalue weighted by molar-refractivity contribution is -0.118. The van der Waals surface area contributed by atoms with E-state index in [0.717, 1.165) is 6.42 Å². The SMILES string of the molecule is CCC(C)c1ccc(OCC(=O)Nc2cccc(S(=O)(=O)O)c2)cc1. The highest BCUT2D eigenvalue weighted by atomic mass is 32.2. The molecular formula is C18H21NO5S. The lowest BCUT2D eigenvalue weighted by Crippen LogP contribution is -2.20. The maximum absolute atomic E-state index is 11.9. The number of carbonyl (C=O) groups is 1. The third-order valence-corrected chi connectivity index (χ3v) is 4.70. The standard InChI is InChI=1S/C18H21NO5S/c1-3-13(2)14-7-9-16(10-8-14)24-12-18(20)19-15-5-4-6-17(11-15)25(21,22)23/h4-11,13H,3,12H2,1-2H3,(H,19,20)(H,21,22,23). The van der Waals surface area contributed by atoms with Crippen molar-refractivity contribution >= 4 is 21.7 Å². The number of anilines is 1. The van der Waals surface area contributed by atoms with Gasteiger partial charge in [-0.3, -0.25) is 9.35 Å². The number of benzene rings is 2. The predicted octanol–water partition coefficient (Wildman–Crippen LogP) is 3.46. The van der Waals surface area contributed by atoms with E-state index in [-0.39, 0.29) is 17.2 Å². The highest BCUT2D eigenvalue weighted by Gasteiger charge is 2.11. The van der Waals surface area contributed by atoms with E-state index >= 15 is 0 Å². The number of rotatable bonds is 7. The Morgan fingerprint density at radius 3 is 2.48 bits per heavy atom. The first kappa shape index (κ1) is 19.0. The second-order valence-electron chi connectivity index (χ2n) is 5.72. The third kappa shape index (κ3) is 5.58. The largest absolute Gasteiger partial charge is 0.484 e. The molecule has 25 heavy (non-hydrogen) atoms. The van der Waals surface area contributed by atoms with Crippen molar-refractivity contribution in [2.45, 2.75) is 31.1 Å². The van der Waals surface area contributed by atoms with Gasteiger partial charge in [0.1, 0.15) is 5.75 Å². The van der Waals surface area contributed by atoms with Gasteiger partial charge in [0.05, 0.1) is 4.90 Å². The van der Waals surface area contributed by atoms with Gasteiger partial charge in [0.25, 0.3) is 16.0 Å². The van der Waals surface area contributed by atoms with Gasteiger partial charge in [0.2, 0.25) is 0 Å². The second kappa shape index (κ2) is 8.13. The van der Waals surface area contributed by atoms with Crippen LogP contribution < -0.4 is 10.1 Å². The van der Waals surface area contributed by atoms with E-state index in [9.17, 15) is 13.2 Å². The van der Waals surface area contributed by atoms with Gasteiger partial charge in [-0.25, -0.2) is 0 Å². The molecule has 134 valence electrons. The van der Waals surface area contributed by atoms with E-state index in [0.29, 0.717) is 11.7 Å². The minimum absolute atomic E-state index is 0.210. The molecule has 1 atom stereocenters. The van der Waals surface area contributed by atoms with Crippen molar-refractivity contribution in [1.82, 2.24) is 0 Å². The number of amides is 1. The average molecular weight is 363 g/mol. The molecule has 0 spiro atoms. The first-order valence-corrected chi connectivity index (χ1v) is 9.33. The Morgan fingerprint density at radius 2 is 1.88 bits per heavy atom. The van der Waals surface area contributed by atoms with Gasteiger partial charge in [-0.05, 0) is 48.2 Å². The molecule has 0 bridgehead atoms. The molecule has 0 aromatic heterocycles. The van der Waals surface area contributed by atoms with Gasteiger partial charge in [0, 0.05) is 5.69 Å². The highest BCUT2D eigenvalue weighted by molar-refractivity contribution is 7.85. The summed E-state index contributed by atoms with van der Waals surface area (Å²) < 4.78 is 36.6. The molecule has 0 radical (unpaired) electrons. The molecule has 2 aromatic carbocycles. The van der Waals surface area contributed by atoms with Crippen LogP contribution in [0.4, 0.5) is 5.69 Å². The van der Waals surface area contributed by atoms with Crippen molar-refractivity contribution in [3.8, 4) is 5.75 Å². The Morgan fingerprint density at radius 1 is 1.20 bits per heavy atom. The van der Waals surface area contributed by atoms with E-state index in [1.165, 1.54) is 29.8 Å². The predicted molar refractivity (Wildman–Crippen MR) is 95.5 cm³/mol. The third-order valence-electron chi connectivity index (χ3n) is 3.85. The summed E-state index contributed by atoms with van der Waals surface area (Å²) in [5.41, 5.74) is 1.47. The summed E-state index contributed by atoms with van der Waals surface area (Å²) >= 11 is 0. The number of hydrogen-bond donors (Lipinski definition) is 2. The maximum Gasteiger partial charge on any atom is 0.294 e. The summed E-state index contributed by atoms with van der Waals surface area (Å²) in [4.78, 5) is 11.6. The summed E-state index contributed by atoms with van der Waals surface area (Å²) in [5, 5.41) is 2.52. The van der Waals surface area contributed by atoms with Crippen LogP contribution in [0.1, 0.15) is 31.7 Å². The van der Waals surface area contributed by atoms with Crippen LogP contribution in [0, 0.1) is 0 Å². The van der Waals surface area contributed by atoms with Crippen molar-refractivity contribution < 1.29 is 22.5 Å². The van der Waals surface area contributed by atoms with Crippen LogP contribution in [0.5, 0.6) is 5.75 Å². The van der Waals surface area contributed by atoms with E-state index in [1.807, 2.05) is 24.3 Å². The zero-order valence-corrected chi connectivity index (χ0v) is 14.9. The topological polar surface area (TPSA) is 92.7 Å². The molecule has 2 rings (SSSR count). The molecule has 0 aliphatic heterocycles. The first-order chi connectivity index (χ1) is 11.8. The quantitative estimate of drug-likeness (QED) is 0.735. The van der Waals surface area contributed by atoms with E-state index < -0.39 is 16.0 Å². The van der Waals surface area contributed by atoms with Crippen LogP contribution in [-0.2, 0) is 14.9 Å². The molecule has 2 N–H and O–H groups in total. The molecular weight excluding hydrogens is 342 g/mol. The molecule has 0 fully saturated rings. The fourth-order valence-electron chi connectivity index (χ4n) is 2.21. The summed E-state index contributed by atoms with van der Waals surface area (Å²) in [6, 6.07) is 12.9. The van der Waals surface area contributed by atoms with Crippen LogP contribution >= 0.6 is 0 Å². The minimum Gasteiger partial charge on any atom is -0.484 e. The van der Waals surface area contributed by atoms with Crippen molar-refractivity contribution in [3.05, 3.63) is 54.1 Å². The fourth-order valence-corrected chi connectivity index (χ4v) is 2.73. The smallest absolute Gasteiger partial charge is 0.294 e. The molecule has 7 heteroatoms. The van der Waals surface area contributed by atoms with Crippen LogP contribution in [0.25, 0.3) is 0 Å². The van der Waals surface area contributed by atoms with Gasteiger partial charge in [-0.1, -0.05) is 32.0 Å². The molecule has 0 aliphatic carbocycles. The average Bonchev–Trinajstić information content (AvgIpc) is 2.59. The lowest BCUT2D eigenvalue weighted by atomic mass is 9.99. The summed E-state index contributed by atoms with van der Waals surface area (Å²) in [6.07, 6.45) is 1.05. The first-order valence-electron chi connectivity index (χ1n) is 7.89. The zero-order chi connectivity index (χ0) is 18.4. The second-order valence-corrected chi connectivity index (χ2v) is 7.14. The summed E-state index contributed by atoms with van der Waals surface area (Å²) in [7, 11) is -4.31. The van der Waals surface area contributed by atoms with E-state index in [4.69, 9.17) is 9.29 Å². The van der Waals surface area contributed by atoms with E-state index in [1.54, 1.807) is 0 Å². The summed E-state index contributed by atoms with van der Waals surface area (Å²) in [6.45, 7) is 4.05. The van der Waals surface area contributed by atoms with Gasteiger partial charge < -0.3 is 10.1 Å². The van der Waals surface area contributed by atoms with Gasteiger partial charge >= 0.3 is 0 Å². The lowest BCUT2D eigenvalue weighted by Gasteiger charge is -2.11. The number of carbonyl (C=O) groups excluding carboxylic acids is 1. The molecule has 0 aliphatic rings. The minimum atomic E-state index is -4.31. The Labute approximate surface area is 147 Å². The Hall–Kier alpha value is -2.38. The molecule has 1 unspecified atom stereocenters. The zero-order valence-electron chi connectivity index (χ0n) is 14.1. The van der Waals surface area contributed by atoms with Crippen molar-refractivity contribution in [1.29, 1.82) is 0 Å². The molecule has 6 nitrogen and oxygen atoms in total.